The van der Waals surface area contributed by atoms with Crippen molar-refractivity contribution in [2.45, 2.75) is 13.8 Å². The van der Waals surface area contributed by atoms with Crippen molar-refractivity contribution in [3.63, 3.8) is 0 Å². The maximum atomic E-state index is 12.2. The maximum Gasteiger partial charge on any atom is 0.259 e. The van der Waals surface area contributed by atoms with Gasteiger partial charge in [0.05, 0.1) is 10.6 Å². The van der Waals surface area contributed by atoms with Crippen LogP contribution in [0.15, 0.2) is 28.7 Å². The summed E-state index contributed by atoms with van der Waals surface area (Å²) in [5.74, 6) is 1.67. The number of hydrogen-bond donors (Lipinski definition) is 1. The molecule has 0 aliphatic heterocycles. The van der Waals surface area contributed by atoms with E-state index in [1.54, 1.807) is 38.1 Å². The Bertz CT molecular complexity index is 695. The van der Waals surface area contributed by atoms with Crippen molar-refractivity contribution in [3.8, 4) is 5.75 Å². The van der Waals surface area contributed by atoms with Gasteiger partial charge in [-0.05, 0) is 52.2 Å². The molecule has 1 heterocycles. The van der Waals surface area contributed by atoms with Crippen LogP contribution in [-0.4, -0.2) is 38.1 Å². The first kappa shape index (κ1) is 17.4. The molecule has 1 aromatic carbocycles. The number of anilines is 1. The molecule has 0 saturated heterocycles. The van der Waals surface area contributed by atoms with Crippen LogP contribution in [-0.2, 0) is 0 Å². The van der Waals surface area contributed by atoms with Crippen molar-refractivity contribution in [2.75, 3.05) is 32.6 Å². The van der Waals surface area contributed by atoms with Crippen LogP contribution in [0, 0.1) is 13.8 Å². The Morgan fingerprint density at radius 1 is 1.30 bits per heavy atom. The predicted molar refractivity (Wildman–Crippen MR) is 91.6 cm³/mol. The van der Waals surface area contributed by atoms with E-state index in [1.165, 1.54) is 0 Å². The summed E-state index contributed by atoms with van der Waals surface area (Å²) in [4.78, 5) is 14.3. The molecule has 2 rings (SSSR count). The van der Waals surface area contributed by atoms with Crippen LogP contribution in [0.25, 0.3) is 0 Å². The van der Waals surface area contributed by atoms with E-state index in [9.17, 15) is 4.79 Å². The summed E-state index contributed by atoms with van der Waals surface area (Å²) in [6, 6.07) is 6.90. The van der Waals surface area contributed by atoms with E-state index >= 15 is 0 Å². The minimum Gasteiger partial charge on any atom is -0.491 e. The van der Waals surface area contributed by atoms with E-state index in [2.05, 4.69) is 5.32 Å². The first-order valence-electron chi connectivity index (χ1n) is 7.32. The lowest BCUT2D eigenvalue weighted by Crippen LogP contribution is -2.19. The van der Waals surface area contributed by atoms with Crippen molar-refractivity contribution in [1.82, 2.24) is 4.90 Å². The third-order valence-corrected chi connectivity index (χ3v) is 3.57. The highest BCUT2D eigenvalue weighted by Crippen LogP contribution is 2.28. The molecule has 5 nitrogen and oxygen atoms in total. The molecule has 124 valence electrons. The lowest BCUT2D eigenvalue weighted by Gasteiger charge is -2.13. The van der Waals surface area contributed by atoms with Gasteiger partial charge in [0.25, 0.3) is 5.91 Å². The second-order valence-corrected chi connectivity index (χ2v) is 5.99. The van der Waals surface area contributed by atoms with Crippen LogP contribution in [0.1, 0.15) is 21.9 Å². The SMILES string of the molecule is Cc1cc(C(=O)Nc2ccc(OCCN(C)C)c(Cl)c2)c(C)o1. The van der Waals surface area contributed by atoms with Crippen LogP contribution in [0.3, 0.4) is 0 Å². The predicted octanol–water partition coefficient (Wildman–Crippen LogP) is 3.74. The molecule has 0 aliphatic carbocycles. The molecule has 2 aromatic rings. The zero-order valence-electron chi connectivity index (χ0n) is 13.8. The largest absolute Gasteiger partial charge is 0.491 e. The second-order valence-electron chi connectivity index (χ2n) is 5.58. The summed E-state index contributed by atoms with van der Waals surface area (Å²) in [6.45, 7) is 4.91. The van der Waals surface area contributed by atoms with E-state index in [1.807, 2.05) is 19.0 Å². The van der Waals surface area contributed by atoms with Crippen molar-refractivity contribution in [2.24, 2.45) is 0 Å². The highest BCUT2D eigenvalue weighted by Gasteiger charge is 2.14. The Morgan fingerprint density at radius 2 is 2.04 bits per heavy atom. The van der Waals surface area contributed by atoms with Gasteiger partial charge in [0.15, 0.2) is 0 Å². The number of likely N-dealkylation sites (N-methyl/N-ethyl adjacent to an activating group) is 1. The van der Waals surface area contributed by atoms with Crippen LogP contribution >= 0.6 is 11.6 Å². The molecule has 0 spiro atoms. The Hall–Kier alpha value is -1.98. The molecule has 0 aliphatic rings. The number of rotatable bonds is 6. The molecule has 0 bridgehead atoms. The van der Waals surface area contributed by atoms with Crippen molar-refractivity contribution >= 4 is 23.2 Å². The van der Waals surface area contributed by atoms with Gasteiger partial charge in [-0.25, -0.2) is 0 Å². The van der Waals surface area contributed by atoms with Crippen molar-refractivity contribution < 1.29 is 13.9 Å². The minimum atomic E-state index is -0.225. The zero-order valence-corrected chi connectivity index (χ0v) is 14.5. The molecule has 23 heavy (non-hydrogen) atoms. The number of carbonyl (C=O) groups is 1. The molecule has 0 atom stereocenters. The molecule has 6 heteroatoms. The number of amides is 1. The fraction of sp³-hybridized carbons (Fsp3) is 0.353. The van der Waals surface area contributed by atoms with E-state index in [-0.39, 0.29) is 5.91 Å². The second kappa shape index (κ2) is 7.53. The average molecular weight is 337 g/mol. The van der Waals surface area contributed by atoms with Crippen molar-refractivity contribution in [1.29, 1.82) is 0 Å². The summed E-state index contributed by atoms with van der Waals surface area (Å²) in [5.41, 5.74) is 1.13. The molecular formula is C17H21ClN2O3. The van der Waals surface area contributed by atoms with Gasteiger partial charge in [-0.2, -0.15) is 0 Å². The van der Waals surface area contributed by atoms with E-state index in [0.29, 0.717) is 40.2 Å². The van der Waals surface area contributed by atoms with E-state index in [0.717, 1.165) is 6.54 Å². The van der Waals surface area contributed by atoms with Crippen LogP contribution in [0.4, 0.5) is 5.69 Å². The standard InChI is InChI=1S/C17H21ClN2O3/c1-11-9-14(12(2)23-11)17(21)19-13-5-6-16(15(18)10-13)22-8-7-20(3)4/h5-6,9-10H,7-8H2,1-4H3,(H,19,21). The van der Waals surface area contributed by atoms with Crippen LogP contribution in [0.5, 0.6) is 5.75 Å². The summed E-state index contributed by atoms with van der Waals surface area (Å²) in [5, 5.41) is 3.27. The van der Waals surface area contributed by atoms with E-state index in [4.69, 9.17) is 20.8 Å². The fourth-order valence-electron chi connectivity index (χ4n) is 2.09. The van der Waals surface area contributed by atoms with Crippen LogP contribution in [0.2, 0.25) is 5.02 Å². The first-order chi connectivity index (χ1) is 10.9. The molecule has 1 aromatic heterocycles. The highest BCUT2D eigenvalue weighted by molar-refractivity contribution is 6.32. The molecule has 0 radical (unpaired) electrons. The van der Waals surface area contributed by atoms with Gasteiger partial charge >= 0.3 is 0 Å². The number of carbonyl (C=O) groups excluding carboxylic acids is 1. The number of nitrogens with zero attached hydrogens (tertiary/aromatic N) is 1. The Balaban J connectivity index is 2.02. The smallest absolute Gasteiger partial charge is 0.259 e. The molecule has 0 fully saturated rings. The van der Waals surface area contributed by atoms with Gasteiger partial charge in [-0.15, -0.1) is 0 Å². The van der Waals surface area contributed by atoms with Crippen LogP contribution < -0.4 is 10.1 Å². The topological polar surface area (TPSA) is 54.7 Å². The summed E-state index contributed by atoms with van der Waals surface area (Å²) >= 11 is 6.20. The summed E-state index contributed by atoms with van der Waals surface area (Å²) in [7, 11) is 3.95. The first-order valence-corrected chi connectivity index (χ1v) is 7.70. The Kier molecular flexibility index (Phi) is 5.69. The maximum absolute atomic E-state index is 12.2. The van der Waals surface area contributed by atoms with Gasteiger partial charge in [-0.1, -0.05) is 11.6 Å². The number of nitrogens with one attached hydrogen (secondary N) is 1. The average Bonchev–Trinajstić information content (AvgIpc) is 2.80. The quantitative estimate of drug-likeness (QED) is 0.873. The molecule has 0 unspecified atom stereocenters. The fourth-order valence-corrected chi connectivity index (χ4v) is 2.32. The molecule has 0 saturated carbocycles. The Labute approximate surface area is 141 Å². The minimum absolute atomic E-state index is 0.225. The summed E-state index contributed by atoms with van der Waals surface area (Å²) in [6.07, 6.45) is 0. The number of aryl methyl sites for hydroxylation is 2. The zero-order chi connectivity index (χ0) is 17.0. The number of halogens is 1. The lowest BCUT2D eigenvalue weighted by molar-refractivity contribution is 0.102. The number of hydrogen-bond acceptors (Lipinski definition) is 4. The lowest BCUT2D eigenvalue weighted by atomic mass is 10.2. The highest BCUT2D eigenvalue weighted by atomic mass is 35.5. The third-order valence-electron chi connectivity index (χ3n) is 3.27. The van der Waals surface area contributed by atoms with E-state index < -0.39 is 0 Å². The van der Waals surface area contributed by atoms with Gasteiger partial charge < -0.3 is 19.4 Å². The third kappa shape index (κ3) is 4.74. The van der Waals surface area contributed by atoms with Gasteiger partial charge in [0.2, 0.25) is 0 Å². The molecule has 1 amide bonds. The van der Waals surface area contributed by atoms with Gasteiger partial charge in [0.1, 0.15) is 23.9 Å². The van der Waals surface area contributed by atoms with Gasteiger partial charge in [-0.3, -0.25) is 4.79 Å². The van der Waals surface area contributed by atoms with Gasteiger partial charge in [0, 0.05) is 12.2 Å². The molecular weight excluding hydrogens is 316 g/mol. The van der Waals surface area contributed by atoms with Crippen molar-refractivity contribution in [3.05, 3.63) is 46.4 Å². The summed E-state index contributed by atoms with van der Waals surface area (Å²) < 4.78 is 11.0. The Morgan fingerprint density at radius 3 is 2.61 bits per heavy atom. The normalized spacial score (nSPS) is 10.9. The molecule has 1 N–H and O–H groups in total. The number of furan rings is 1. The number of benzene rings is 1. The number of ether oxygens (including phenoxy) is 1. The monoisotopic (exact) mass is 336 g/mol.